The van der Waals surface area contributed by atoms with Crippen LogP contribution < -0.4 is 14.2 Å². The number of hydrogen-bond donors (Lipinski definition) is 3. The molecule has 1 aliphatic heterocycles. The first-order chi connectivity index (χ1) is 21.5. The van der Waals surface area contributed by atoms with Crippen LogP contribution in [-0.2, 0) is 12.8 Å². The van der Waals surface area contributed by atoms with Gasteiger partial charge in [0.1, 0.15) is 23.4 Å². The molecule has 0 saturated heterocycles. The molecular formula is C38H42O6. The van der Waals surface area contributed by atoms with Gasteiger partial charge in [-0.1, -0.05) is 56.5 Å². The van der Waals surface area contributed by atoms with Crippen molar-refractivity contribution in [1.82, 2.24) is 0 Å². The fourth-order valence-corrected chi connectivity index (χ4v) is 7.81. The van der Waals surface area contributed by atoms with Crippen LogP contribution in [0.2, 0.25) is 0 Å². The quantitative estimate of drug-likeness (QED) is 0.177. The molecule has 6 heteroatoms. The molecule has 3 N–H and O–H groups in total. The zero-order valence-electron chi connectivity index (χ0n) is 25.6. The number of ether oxygens (including phenoxy) is 3. The number of hydrogen-bond acceptors (Lipinski definition) is 6. The molecule has 0 unspecified atom stereocenters. The lowest BCUT2D eigenvalue weighted by molar-refractivity contribution is 0.0200. The second-order valence-electron chi connectivity index (χ2n) is 12.8. The first kappa shape index (κ1) is 28.8. The van der Waals surface area contributed by atoms with E-state index in [-0.39, 0.29) is 17.8 Å². The molecule has 0 radical (unpaired) electrons. The SMILES string of the molecule is CCCCC[C@H]1Cc2cc(O)c3ccccc3c2-c2c(OC)cc3c(c21)C[C@@H](O)[C@H](c1ccc(O)c(OC2CCCC2)c1)O3. The molecule has 1 heterocycles. The zero-order valence-corrected chi connectivity index (χ0v) is 25.6. The van der Waals surface area contributed by atoms with E-state index in [0.717, 1.165) is 108 Å². The Morgan fingerprint density at radius 1 is 0.864 bits per heavy atom. The van der Waals surface area contributed by atoms with Crippen LogP contribution in [0.5, 0.6) is 28.7 Å². The van der Waals surface area contributed by atoms with Crippen LogP contribution in [0.3, 0.4) is 0 Å². The summed E-state index contributed by atoms with van der Waals surface area (Å²) in [7, 11) is 1.70. The smallest absolute Gasteiger partial charge is 0.161 e. The summed E-state index contributed by atoms with van der Waals surface area (Å²) in [4.78, 5) is 0. The third-order valence-electron chi connectivity index (χ3n) is 9.93. The maximum absolute atomic E-state index is 11.7. The molecule has 6 nitrogen and oxygen atoms in total. The topological polar surface area (TPSA) is 88.4 Å². The average Bonchev–Trinajstić information content (AvgIpc) is 3.55. The highest BCUT2D eigenvalue weighted by molar-refractivity contribution is 6.04. The average molecular weight is 595 g/mol. The number of benzene rings is 4. The van der Waals surface area contributed by atoms with Crippen LogP contribution >= 0.6 is 0 Å². The van der Waals surface area contributed by atoms with Gasteiger partial charge in [0.05, 0.1) is 19.3 Å². The van der Waals surface area contributed by atoms with Crippen LogP contribution in [0, 0.1) is 0 Å². The van der Waals surface area contributed by atoms with Gasteiger partial charge in [-0.05, 0) is 90.3 Å². The number of rotatable bonds is 8. The van der Waals surface area contributed by atoms with Crippen LogP contribution in [0.4, 0.5) is 0 Å². The number of aliphatic hydroxyl groups is 1. The fraction of sp³-hybridized carbons (Fsp3) is 0.421. The standard InChI is InChI=1S/C38H42O6/c1-3-4-5-10-22-17-24-18-30(40)26-13-8-9-14-27(26)36(24)37-34(42-2)21-32-28(35(22)37)20-31(41)38(44-32)23-15-16-29(39)33(19-23)43-25-11-6-7-12-25/h8-9,13-16,18-19,21-22,25,31,38-41H,3-7,10-12,17,20H2,1-2H3/t22-,31+,38-/m0/s1. The molecule has 0 spiro atoms. The predicted molar refractivity (Wildman–Crippen MR) is 172 cm³/mol. The van der Waals surface area contributed by atoms with E-state index < -0.39 is 12.2 Å². The van der Waals surface area contributed by atoms with Crippen LogP contribution in [0.25, 0.3) is 21.9 Å². The molecule has 230 valence electrons. The molecule has 7 rings (SSSR count). The number of phenolic OH excluding ortho intramolecular Hbond substituents is 2. The monoisotopic (exact) mass is 594 g/mol. The maximum atomic E-state index is 11.7. The molecule has 4 aromatic rings. The highest BCUT2D eigenvalue weighted by Crippen LogP contribution is 2.55. The van der Waals surface area contributed by atoms with Gasteiger partial charge in [-0.3, -0.25) is 0 Å². The molecule has 3 aliphatic rings. The molecule has 0 bridgehead atoms. The van der Waals surface area contributed by atoms with Gasteiger partial charge in [0, 0.05) is 29.0 Å². The summed E-state index contributed by atoms with van der Waals surface area (Å²) in [5, 5.41) is 35.0. The Hall–Kier alpha value is -3.90. The molecule has 44 heavy (non-hydrogen) atoms. The predicted octanol–water partition coefficient (Wildman–Crippen LogP) is 8.51. The van der Waals surface area contributed by atoms with Crippen molar-refractivity contribution in [2.24, 2.45) is 0 Å². The Morgan fingerprint density at radius 2 is 1.66 bits per heavy atom. The van der Waals surface area contributed by atoms with E-state index >= 15 is 0 Å². The van der Waals surface area contributed by atoms with Crippen molar-refractivity contribution >= 4 is 10.8 Å². The van der Waals surface area contributed by atoms with E-state index in [9.17, 15) is 15.3 Å². The maximum Gasteiger partial charge on any atom is 0.161 e. The number of aliphatic hydroxyl groups excluding tert-OH is 1. The van der Waals surface area contributed by atoms with Gasteiger partial charge in [0.15, 0.2) is 11.5 Å². The van der Waals surface area contributed by atoms with Gasteiger partial charge < -0.3 is 29.5 Å². The van der Waals surface area contributed by atoms with E-state index in [1.807, 2.05) is 42.5 Å². The summed E-state index contributed by atoms with van der Waals surface area (Å²) < 4.78 is 18.9. The van der Waals surface area contributed by atoms with Gasteiger partial charge in [-0.2, -0.15) is 0 Å². The number of phenols is 2. The zero-order chi connectivity index (χ0) is 30.4. The molecule has 0 amide bonds. The summed E-state index contributed by atoms with van der Waals surface area (Å²) in [6, 6.07) is 17.2. The number of methoxy groups -OCH3 is 1. The Bertz CT molecular complexity index is 1690. The van der Waals surface area contributed by atoms with Crippen molar-refractivity contribution in [3.05, 3.63) is 76.9 Å². The number of aromatic hydroxyl groups is 2. The van der Waals surface area contributed by atoms with Gasteiger partial charge >= 0.3 is 0 Å². The summed E-state index contributed by atoms with van der Waals surface area (Å²) >= 11 is 0. The van der Waals surface area contributed by atoms with Gasteiger partial charge in [0.2, 0.25) is 0 Å². The minimum atomic E-state index is -0.780. The van der Waals surface area contributed by atoms with E-state index in [1.165, 1.54) is 5.56 Å². The summed E-state index contributed by atoms with van der Waals surface area (Å²) in [5.41, 5.74) is 6.29. The van der Waals surface area contributed by atoms with Crippen molar-refractivity contribution in [3.8, 4) is 39.9 Å². The van der Waals surface area contributed by atoms with E-state index in [1.54, 1.807) is 13.2 Å². The van der Waals surface area contributed by atoms with Crippen molar-refractivity contribution in [1.29, 1.82) is 0 Å². The fourth-order valence-electron chi connectivity index (χ4n) is 7.81. The second-order valence-corrected chi connectivity index (χ2v) is 12.8. The summed E-state index contributed by atoms with van der Waals surface area (Å²) in [6.07, 6.45) is 8.63. The highest BCUT2D eigenvalue weighted by Gasteiger charge is 2.39. The number of fused-ring (bicyclic) bond motifs is 7. The number of unbranched alkanes of at least 4 members (excludes halogenated alkanes) is 2. The second kappa shape index (κ2) is 11.9. The molecule has 1 saturated carbocycles. The van der Waals surface area contributed by atoms with Gasteiger partial charge in [-0.15, -0.1) is 0 Å². The van der Waals surface area contributed by atoms with E-state index in [0.29, 0.717) is 17.9 Å². The van der Waals surface area contributed by atoms with Crippen molar-refractivity contribution in [3.63, 3.8) is 0 Å². The Morgan fingerprint density at radius 3 is 2.43 bits per heavy atom. The molecule has 0 aromatic heterocycles. The van der Waals surface area contributed by atoms with Crippen molar-refractivity contribution in [2.45, 2.75) is 95.4 Å². The molecule has 2 aliphatic carbocycles. The molecule has 4 aromatic carbocycles. The van der Waals surface area contributed by atoms with Gasteiger partial charge in [-0.25, -0.2) is 0 Å². The lowest BCUT2D eigenvalue weighted by Crippen LogP contribution is -2.32. The third kappa shape index (κ3) is 5.03. The first-order valence-electron chi connectivity index (χ1n) is 16.3. The normalized spacial score (nSPS) is 20.9. The van der Waals surface area contributed by atoms with Gasteiger partial charge in [0.25, 0.3) is 0 Å². The highest BCUT2D eigenvalue weighted by atomic mass is 16.5. The van der Waals surface area contributed by atoms with E-state index in [4.69, 9.17) is 14.2 Å². The van der Waals surface area contributed by atoms with Crippen molar-refractivity contribution < 1.29 is 29.5 Å². The Kier molecular flexibility index (Phi) is 7.79. The minimum Gasteiger partial charge on any atom is -0.507 e. The minimum absolute atomic E-state index is 0.105. The van der Waals surface area contributed by atoms with Crippen LogP contribution in [0.1, 0.15) is 92.6 Å². The van der Waals surface area contributed by atoms with Crippen molar-refractivity contribution in [2.75, 3.05) is 7.11 Å². The Labute approximate surface area is 259 Å². The molecule has 1 fully saturated rings. The summed E-state index contributed by atoms with van der Waals surface area (Å²) in [6.45, 7) is 2.22. The van der Waals surface area contributed by atoms with Crippen LogP contribution in [-0.4, -0.2) is 34.6 Å². The molecular weight excluding hydrogens is 552 g/mol. The molecule has 3 atom stereocenters. The van der Waals surface area contributed by atoms with E-state index in [2.05, 4.69) is 13.0 Å². The third-order valence-corrected chi connectivity index (χ3v) is 9.93. The summed E-state index contributed by atoms with van der Waals surface area (Å²) in [5.74, 6) is 2.53. The Balaban J connectivity index is 1.34. The van der Waals surface area contributed by atoms with Crippen LogP contribution in [0.15, 0.2) is 54.6 Å². The largest absolute Gasteiger partial charge is 0.507 e. The first-order valence-corrected chi connectivity index (χ1v) is 16.3. The lowest BCUT2D eigenvalue weighted by atomic mass is 9.71. The lowest BCUT2D eigenvalue weighted by Gasteiger charge is -2.38.